The van der Waals surface area contributed by atoms with E-state index in [2.05, 4.69) is 0 Å². The molecular formula is C6H9ClN2O6S2. The fourth-order valence-electron chi connectivity index (χ4n) is 1.27. The average molecular weight is 305 g/mol. The van der Waals surface area contributed by atoms with Gasteiger partial charge in [0.1, 0.15) is 0 Å². The topological polar surface area (TPSA) is 109 Å². The summed E-state index contributed by atoms with van der Waals surface area (Å²) in [6, 6.07) is -1.13. The molecule has 0 aromatic rings. The SMILES string of the molecule is CS(=O)(=O)CS(=O)(=O)N1CCN(C(=O)Cl)C1=O. The summed E-state index contributed by atoms with van der Waals surface area (Å²) in [5.74, 6) is 0. The Kier molecular flexibility index (Phi) is 3.69. The van der Waals surface area contributed by atoms with Gasteiger partial charge in [-0.25, -0.2) is 30.8 Å². The van der Waals surface area contributed by atoms with Crippen molar-refractivity contribution in [3.8, 4) is 0 Å². The van der Waals surface area contributed by atoms with E-state index < -0.39 is 36.3 Å². The van der Waals surface area contributed by atoms with Crippen molar-refractivity contribution in [2.75, 3.05) is 24.4 Å². The molecule has 1 saturated heterocycles. The van der Waals surface area contributed by atoms with Crippen LogP contribution in [0.25, 0.3) is 0 Å². The Hall–Kier alpha value is -0.870. The van der Waals surface area contributed by atoms with E-state index in [4.69, 9.17) is 11.6 Å². The monoisotopic (exact) mass is 304 g/mol. The quantitative estimate of drug-likeness (QED) is 0.509. The Labute approximate surface area is 103 Å². The van der Waals surface area contributed by atoms with E-state index in [1.165, 1.54) is 0 Å². The Morgan fingerprint density at radius 3 is 2.18 bits per heavy atom. The summed E-state index contributed by atoms with van der Waals surface area (Å²) in [6.45, 7) is -0.487. The number of carbonyl (C=O) groups is 2. The lowest BCUT2D eigenvalue weighted by Gasteiger charge is -2.15. The molecule has 3 amide bonds. The highest BCUT2D eigenvalue weighted by Gasteiger charge is 2.40. The summed E-state index contributed by atoms with van der Waals surface area (Å²) in [5, 5.41) is -2.29. The maximum Gasteiger partial charge on any atom is 0.341 e. The molecule has 8 nitrogen and oxygen atoms in total. The van der Waals surface area contributed by atoms with E-state index in [1.54, 1.807) is 0 Å². The normalized spacial score (nSPS) is 17.6. The molecule has 0 atom stereocenters. The van der Waals surface area contributed by atoms with Gasteiger partial charge >= 0.3 is 11.4 Å². The molecule has 1 heterocycles. The van der Waals surface area contributed by atoms with Gasteiger partial charge in [-0.15, -0.1) is 0 Å². The van der Waals surface area contributed by atoms with Crippen molar-refractivity contribution >= 4 is 42.9 Å². The number of urea groups is 1. The van der Waals surface area contributed by atoms with Crippen molar-refractivity contribution in [3.63, 3.8) is 0 Å². The third kappa shape index (κ3) is 3.30. The van der Waals surface area contributed by atoms with Crippen LogP contribution in [0, 0.1) is 0 Å². The molecule has 0 spiro atoms. The average Bonchev–Trinajstić information content (AvgIpc) is 2.42. The Morgan fingerprint density at radius 1 is 1.29 bits per heavy atom. The van der Waals surface area contributed by atoms with Gasteiger partial charge in [0.2, 0.25) is 0 Å². The van der Waals surface area contributed by atoms with Crippen molar-refractivity contribution in [2.24, 2.45) is 0 Å². The number of hydrogen-bond donors (Lipinski definition) is 0. The lowest BCUT2D eigenvalue weighted by atomic mass is 10.7. The van der Waals surface area contributed by atoms with Crippen LogP contribution in [0.1, 0.15) is 0 Å². The zero-order valence-electron chi connectivity index (χ0n) is 8.66. The van der Waals surface area contributed by atoms with Crippen LogP contribution in [-0.4, -0.2) is 61.9 Å². The molecule has 17 heavy (non-hydrogen) atoms. The fraction of sp³-hybridized carbons (Fsp3) is 0.667. The molecule has 11 heteroatoms. The van der Waals surface area contributed by atoms with E-state index in [-0.39, 0.29) is 13.1 Å². The highest BCUT2D eigenvalue weighted by Crippen LogP contribution is 2.16. The molecule has 1 fully saturated rings. The van der Waals surface area contributed by atoms with E-state index in [0.717, 1.165) is 6.26 Å². The number of carbonyl (C=O) groups excluding carboxylic acids is 2. The summed E-state index contributed by atoms with van der Waals surface area (Å²) in [5.41, 5.74) is 0. The van der Waals surface area contributed by atoms with Gasteiger partial charge < -0.3 is 0 Å². The Balaban J connectivity index is 2.97. The first-order chi connectivity index (χ1) is 7.54. The summed E-state index contributed by atoms with van der Waals surface area (Å²) in [7, 11) is -8.09. The highest BCUT2D eigenvalue weighted by atomic mass is 35.5. The van der Waals surface area contributed by atoms with E-state index in [1.807, 2.05) is 0 Å². The molecular weight excluding hydrogens is 296 g/mol. The molecule has 0 saturated carbocycles. The first kappa shape index (κ1) is 14.2. The molecule has 1 aliphatic heterocycles. The van der Waals surface area contributed by atoms with E-state index >= 15 is 0 Å². The van der Waals surface area contributed by atoms with Crippen LogP contribution in [-0.2, 0) is 19.9 Å². The zero-order valence-corrected chi connectivity index (χ0v) is 11.0. The number of sulfonamides is 1. The highest BCUT2D eigenvalue weighted by molar-refractivity contribution is 8.06. The van der Waals surface area contributed by atoms with Crippen molar-refractivity contribution in [2.45, 2.75) is 0 Å². The minimum absolute atomic E-state index is 0.190. The van der Waals surface area contributed by atoms with Gasteiger partial charge in [0, 0.05) is 6.26 Å². The first-order valence-electron chi connectivity index (χ1n) is 4.24. The molecule has 0 radical (unpaired) electrons. The standard InChI is InChI=1S/C6H9ClN2O6S2/c1-16(12,13)4-17(14,15)9-3-2-8(5(7)10)6(9)11/h2-4H2,1H3. The molecule has 98 valence electrons. The number of halogens is 1. The molecule has 1 rings (SSSR count). The van der Waals surface area contributed by atoms with Crippen LogP contribution in [0.3, 0.4) is 0 Å². The second-order valence-electron chi connectivity index (χ2n) is 3.41. The molecule has 0 unspecified atom stereocenters. The lowest BCUT2D eigenvalue weighted by molar-refractivity contribution is 0.206. The summed E-state index contributed by atoms with van der Waals surface area (Å²) >= 11 is 5.05. The van der Waals surface area contributed by atoms with Crippen LogP contribution < -0.4 is 0 Å². The molecule has 1 aliphatic rings. The number of imide groups is 1. The van der Waals surface area contributed by atoms with Crippen LogP contribution in [0.4, 0.5) is 9.59 Å². The minimum atomic E-state index is -4.29. The second kappa shape index (κ2) is 4.42. The maximum absolute atomic E-state index is 11.6. The van der Waals surface area contributed by atoms with Crippen LogP contribution in [0.2, 0.25) is 0 Å². The maximum atomic E-state index is 11.6. The third-order valence-corrected chi connectivity index (χ3v) is 6.00. The molecule has 0 aliphatic carbocycles. The zero-order chi connectivity index (χ0) is 13.4. The van der Waals surface area contributed by atoms with E-state index in [0.29, 0.717) is 9.21 Å². The predicted octanol–water partition coefficient (Wildman–Crippen LogP) is -0.585. The van der Waals surface area contributed by atoms with Crippen molar-refractivity contribution in [1.29, 1.82) is 0 Å². The minimum Gasteiger partial charge on any atom is -0.255 e. The van der Waals surface area contributed by atoms with Crippen LogP contribution >= 0.6 is 11.6 Å². The molecule has 0 bridgehead atoms. The number of nitrogens with zero attached hydrogens (tertiary/aromatic N) is 2. The molecule has 0 aromatic heterocycles. The smallest absolute Gasteiger partial charge is 0.255 e. The summed E-state index contributed by atoms with van der Waals surface area (Å²) in [6.07, 6.45) is 0.732. The number of rotatable bonds is 3. The largest absolute Gasteiger partial charge is 0.341 e. The van der Waals surface area contributed by atoms with Crippen molar-refractivity contribution in [1.82, 2.24) is 9.21 Å². The van der Waals surface area contributed by atoms with Gasteiger partial charge in [-0.3, -0.25) is 4.79 Å². The van der Waals surface area contributed by atoms with E-state index in [9.17, 15) is 26.4 Å². The number of hydrogen-bond acceptors (Lipinski definition) is 6. The molecule has 0 N–H and O–H groups in total. The fourth-order valence-corrected chi connectivity index (χ4v) is 4.80. The third-order valence-electron chi connectivity index (χ3n) is 1.88. The number of amides is 3. The van der Waals surface area contributed by atoms with Gasteiger partial charge in [-0.1, -0.05) is 0 Å². The number of sulfone groups is 1. The van der Waals surface area contributed by atoms with Gasteiger partial charge in [0.05, 0.1) is 13.1 Å². The lowest BCUT2D eigenvalue weighted by Crippen LogP contribution is -2.39. The van der Waals surface area contributed by atoms with Crippen LogP contribution in [0.5, 0.6) is 0 Å². The Bertz CT molecular complexity index is 553. The summed E-state index contributed by atoms with van der Waals surface area (Å²) < 4.78 is 45.3. The van der Waals surface area contributed by atoms with Crippen molar-refractivity contribution < 1.29 is 26.4 Å². The first-order valence-corrected chi connectivity index (χ1v) is 8.28. The molecule has 0 aromatic carbocycles. The summed E-state index contributed by atoms with van der Waals surface area (Å²) in [4.78, 5) is 22.7. The Morgan fingerprint density at radius 2 is 1.82 bits per heavy atom. The second-order valence-corrected chi connectivity index (χ2v) is 8.14. The van der Waals surface area contributed by atoms with Gasteiger partial charge in [-0.2, -0.15) is 0 Å². The van der Waals surface area contributed by atoms with Gasteiger partial charge in [0.15, 0.2) is 14.9 Å². The predicted molar refractivity (Wildman–Crippen MR) is 58.7 cm³/mol. The van der Waals surface area contributed by atoms with Gasteiger partial charge in [0.25, 0.3) is 10.0 Å². The van der Waals surface area contributed by atoms with Crippen molar-refractivity contribution in [3.05, 3.63) is 0 Å². The van der Waals surface area contributed by atoms with Gasteiger partial charge in [-0.05, 0) is 11.6 Å². The van der Waals surface area contributed by atoms with Crippen LogP contribution in [0.15, 0.2) is 0 Å².